The minimum Gasteiger partial charge on any atom is -0.494 e. The maximum absolute atomic E-state index is 12.5. The summed E-state index contributed by atoms with van der Waals surface area (Å²) in [6.07, 6.45) is 3.39. The lowest BCUT2D eigenvalue weighted by Crippen LogP contribution is -2.48. The average Bonchev–Trinajstić information content (AvgIpc) is 3.27. The molecule has 0 bridgehead atoms. The standard InChI is InChI=1S/C18H21N5O2S/c1-3-25-14-4-5-15-16(10-14)26-18(20-15)23-8-6-22(7-9-23)17(24)13-11-19-21(2)12-13/h4-5,10-12H,3,6-9H2,1-2H3. The van der Waals surface area contributed by atoms with Crippen LogP contribution in [-0.4, -0.2) is 58.4 Å². The fourth-order valence-electron chi connectivity index (χ4n) is 3.10. The Bertz CT molecular complexity index is 927. The Morgan fingerprint density at radius 2 is 2.08 bits per heavy atom. The number of amides is 1. The number of anilines is 1. The van der Waals surface area contributed by atoms with Crippen molar-refractivity contribution in [3.05, 3.63) is 36.2 Å². The quantitative estimate of drug-likeness (QED) is 0.705. The van der Waals surface area contributed by atoms with Gasteiger partial charge in [-0.2, -0.15) is 5.10 Å². The van der Waals surface area contributed by atoms with Crippen molar-refractivity contribution >= 4 is 32.6 Å². The molecule has 1 aliphatic rings. The van der Waals surface area contributed by atoms with Crippen LogP contribution >= 0.6 is 11.3 Å². The summed E-state index contributed by atoms with van der Waals surface area (Å²) in [5, 5.41) is 5.08. The Morgan fingerprint density at radius 1 is 1.27 bits per heavy atom. The number of thiazole rings is 1. The van der Waals surface area contributed by atoms with Gasteiger partial charge in [-0.1, -0.05) is 11.3 Å². The molecule has 136 valence electrons. The van der Waals surface area contributed by atoms with Crippen molar-refractivity contribution in [3.63, 3.8) is 0 Å². The van der Waals surface area contributed by atoms with Gasteiger partial charge in [-0.25, -0.2) is 4.98 Å². The molecule has 1 fully saturated rings. The number of fused-ring (bicyclic) bond motifs is 1. The average molecular weight is 371 g/mol. The van der Waals surface area contributed by atoms with Crippen molar-refractivity contribution in [2.75, 3.05) is 37.7 Å². The predicted octanol–water partition coefficient (Wildman–Crippen LogP) is 2.39. The maximum atomic E-state index is 12.5. The molecule has 0 radical (unpaired) electrons. The molecule has 1 saturated heterocycles. The lowest BCUT2D eigenvalue weighted by Gasteiger charge is -2.34. The van der Waals surface area contributed by atoms with E-state index in [-0.39, 0.29) is 5.91 Å². The van der Waals surface area contributed by atoms with Gasteiger partial charge in [0.2, 0.25) is 0 Å². The Hall–Kier alpha value is -2.61. The number of rotatable bonds is 4. The molecule has 2 aromatic heterocycles. The van der Waals surface area contributed by atoms with Crippen LogP contribution in [-0.2, 0) is 7.05 Å². The highest BCUT2D eigenvalue weighted by Crippen LogP contribution is 2.32. The predicted molar refractivity (Wildman–Crippen MR) is 102 cm³/mol. The van der Waals surface area contributed by atoms with Crippen LogP contribution in [0.1, 0.15) is 17.3 Å². The number of aryl methyl sites for hydroxylation is 1. The number of carbonyl (C=O) groups excluding carboxylic acids is 1. The molecule has 0 spiro atoms. The summed E-state index contributed by atoms with van der Waals surface area (Å²) < 4.78 is 8.35. The highest BCUT2D eigenvalue weighted by atomic mass is 32.1. The van der Waals surface area contributed by atoms with Crippen molar-refractivity contribution in [2.45, 2.75) is 6.92 Å². The van der Waals surface area contributed by atoms with E-state index in [0.29, 0.717) is 25.3 Å². The second-order valence-electron chi connectivity index (χ2n) is 6.24. The fourth-order valence-corrected chi connectivity index (χ4v) is 4.15. The van der Waals surface area contributed by atoms with E-state index in [4.69, 9.17) is 9.72 Å². The molecule has 26 heavy (non-hydrogen) atoms. The molecule has 0 unspecified atom stereocenters. The summed E-state index contributed by atoms with van der Waals surface area (Å²) in [6, 6.07) is 6.00. The zero-order valence-corrected chi connectivity index (χ0v) is 15.7. The second kappa shape index (κ2) is 6.95. The van der Waals surface area contributed by atoms with Crippen molar-refractivity contribution < 1.29 is 9.53 Å². The van der Waals surface area contributed by atoms with Crippen molar-refractivity contribution in [3.8, 4) is 5.75 Å². The lowest BCUT2D eigenvalue weighted by atomic mass is 10.2. The number of hydrogen-bond acceptors (Lipinski definition) is 6. The smallest absolute Gasteiger partial charge is 0.257 e. The van der Waals surface area contributed by atoms with E-state index in [0.717, 1.165) is 34.2 Å². The van der Waals surface area contributed by atoms with E-state index < -0.39 is 0 Å². The van der Waals surface area contributed by atoms with Gasteiger partial charge < -0.3 is 14.5 Å². The normalized spacial score (nSPS) is 14.8. The van der Waals surface area contributed by atoms with Crippen LogP contribution < -0.4 is 9.64 Å². The highest BCUT2D eigenvalue weighted by Gasteiger charge is 2.24. The Kier molecular flexibility index (Phi) is 4.50. The number of nitrogens with zero attached hydrogens (tertiary/aromatic N) is 5. The first-order chi connectivity index (χ1) is 12.6. The fraction of sp³-hybridized carbons (Fsp3) is 0.389. The first kappa shape index (κ1) is 16.8. The molecular weight excluding hydrogens is 350 g/mol. The summed E-state index contributed by atoms with van der Waals surface area (Å²) >= 11 is 1.67. The minimum absolute atomic E-state index is 0.0448. The van der Waals surface area contributed by atoms with Crippen LogP contribution in [0.15, 0.2) is 30.6 Å². The molecular formula is C18H21N5O2S. The second-order valence-corrected chi connectivity index (χ2v) is 7.25. The molecule has 7 nitrogen and oxygen atoms in total. The monoisotopic (exact) mass is 371 g/mol. The number of piperazine rings is 1. The van der Waals surface area contributed by atoms with Gasteiger partial charge in [0.25, 0.3) is 5.91 Å². The summed E-state index contributed by atoms with van der Waals surface area (Å²) in [6.45, 7) is 5.58. The van der Waals surface area contributed by atoms with Gasteiger partial charge in [-0.3, -0.25) is 9.48 Å². The number of benzene rings is 1. The molecule has 1 aromatic carbocycles. The van der Waals surface area contributed by atoms with E-state index in [1.165, 1.54) is 0 Å². The van der Waals surface area contributed by atoms with E-state index in [1.807, 2.05) is 37.1 Å². The van der Waals surface area contributed by atoms with Crippen molar-refractivity contribution in [1.82, 2.24) is 19.7 Å². The molecule has 1 amide bonds. The van der Waals surface area contributed by atoms with E-state index in [9.17, 15) is 4.79 Å². The van der Waals surface area contributed by atoms with E-state index in [2.05, 4.69) is 10.00 Å². The van der Waals surface area contributed by atoms with Crippen LogP contribution in [0.4, 0.5) is 5.13 Å². The first-order valence-corrected chi connectivity index (χ1v) is 9.52. The van der Waals surface area contributed by atoms with Crippen molar-refractivity contribution in [1.29, 1.82) is 0 Å². The largest absolute Gasteiger partial charge is 0.494 e. The van der Waals surface area contributed by atoms with Gasteiger partial charge >= 0.3 is 0 Å². The molecule has 3 heterocycles. The van der Waals surface area contributed by atoms with Crippen LogP contribution in [0, 0.1) is 0 Å². The molecule has 4 rings (SSSR count). The van der Waals surface area contributed by atoms with Gasteiger partial charge in [-0.15, -0.1) is 0 Å². The maximum Gasteiger partial charge on any atom is 0.257 e. The van der Waals surface area contributed by atoms with E-state index in [1.54, 1.807) is 28.4 Å². The van der Waals surface area contributed by atoms with Crippen LogP contribution in [0.5, 0.6) is 5.75 Å². The first-order valence-electron chi connectivity index (χ1n) is 8.70. The molecule has 1 aliphatic heterocycles. The number of ether oxygens (including phenoxy) is 1. The van der Waals surface area contributed by atoms with Gasteiger partial charge in [0.15, 0.2) is 5.13 Å². The summed E-state index contributed by atoms with van der Waals surface area (Å²) in [5.74, 6) is 0.922. The third-order valence-electron chi connectivity index (χ3n) is 4.45. The summed E-state index contributed by atoms with van der Waals surface area (Å²) in [4.78, 5) is 21.4. The molecule has 0 saturated carbocycles. The van der Waals surface area contributed by atoms with Crippen molar-refractivity contribution in [2.24, 2.45) is 7.05 Å². The number of carbonyl (C=O) groups is 1. The highest BCUT2D eigenvalue weighted by molar-refractivity contribution is 7.22. The molecule has 0 atom stereocenters. The number of hydrogen-bond donors (Lipinski definition) is 0. The summed E-state index contributed by atoms with van der Waals surface area (Å²) in [5.41, 5.74) is 1.63. The molecule has 3 aromatic rings. The Balaban J connectivity index is 1.44. The summed E-state index contributed by atoms with van der Waals surface area (Å²) in [7, 11) is 1.82. The van der Waals surface area contributed by atoms with Gasteiger partial charge in [0.1, 0.15) is 5.75 Å². The van der Waals surface area contributed by atoms with Crippen LogP contribution in [0.25, 0.3) is 10.2 Å². The van der Waals surface area contributed by atoms with Gasteiger partial charge in [-0.05, 0) is 25.1 Å². The molecule has 0 aliphatic carbocycles. The zero-order valence-electron chi connectivity index (χ0n) is 14.9. The minimum atomic E-state index is 0.0448. The SMILES string of the molecule is CCOc1ccc2nc(N3CCN(C(=O)c4cnn(C)c4)CC3)sc2c1. The van der Waals surface area contributed by atoms with Gasteiger partial charge in [0, 0.05) is 39.4 Å². The Morgan fingerprint density at radius 3 is 2.77 bits per heavy atom. The third kappa shape index (κ3) is 3.24. The van der Waals surface area contributed by atoms with Crippen LogP contribution in [0.2, 0.25) is 0 Å². The third-order valence-corrected chi connectivity index (χ3v) is 5.53. The van der Waals surface area contributed by atoms with E-state index >= 15 is 0 Å². The topological polar surface area (TPSA) is 63.5 Å². The van der Waals surface area contributed by atoms with Gasteiger partial charge in [0.05, 0.1) is 28.6 Å². The van der Waals surface area contributed by atoms with Crippen LogP contribution in [0.3, 0.4) is 0 Å². The Labute approximate surface area is 155 Å². The zero-order chi connectivity index (χ0) is 18.1. The lowest BCUT2D eigenvalue weighted by molar-refractivity contribution is 0.0746. The molecule has 8 heteroatoms. The number of aromatic nitrogens is 3. The molecule has 0 N–H and O–H groups in total.